The molecular formula is C73H50N2. The van der Waals surface area contributed by atoms with Gasteiger partial charge < -0.3 is 9.47 Å². The Kier molecular flexibility index (Phi) is 10.8. The summed E-state index contributed by atoms with van der Waals surface area (Å²) in [7, 11) is 0. The monoisotopic (exact) mass is 954 g/mol. The first-order chi connectivity index (χ1) is 37.2. The number of rotatable bonds is 10. The van der Waals surface area contributed by atoms with E-state index in [2.05, 4.69) is 313 Å². The summed E-state index contributed by atoms with van der Waals surface area (Å²) in [5, 5.41) is 2.46. The van der Waals surface area contributed by atoms with E-state index in [0.717, 1.165) is 45.0 Å². The van der Waals surface area contributed by atoms with Crippen molar-refractivity contribution < 1.29 is 0 Å². The van der Waals surface area contributed by atoms with Crippen molar-refractivity contribution >= 4 is 38.9 Å². The van der Waals surface area contributed by atoms with Gasteiger partial charge in [-0.1, -0.05) is 243 Å². The molecule has 0 bridgehead atoms. The molecular weight excluding hydrogens is 905 g/mol. The summed E-state index contributed by atoms with van der Waals surface area (Å²) in [6, 6.07) is 111. The number of fused-ring (bicyclic) bond motifs is 6. The lowest BCUT2D eigenvalue weighted by molar-refractivity contribution is 0.768. The quantitative estimate of drug-likeness (QED) is 0.133. The van der Waals surface area contributed by atoms with Crippen LogP contribution in [-0.4, -0.2) is 4.57 Å². The molecule has 13 aromatic rings. The summed E-state index contributed by atoms with van der Waals surface area (Å²) in [6.45, 7) is 0. The maximum absolute atomic E-state index is 2.50. The van der Waals surface area contributed by atoms with Crippen molar-refractivity contribution in [1.29, 1.82) is 0 Å². The maximum Gasteiger partial charge on any atom is 0.0714 e. The van der Waals surface area contributed by atoms with Gasteiger partial charge in [0, 0.05) is 33.4 Å². The van der Waals surface area contributed by atoms with Crippen LogP contribution >= 0.6 is 0 Å². The number of para-hydroxylation sites is 3. The van der Waals surface area contributed by atoms with Gasteiger partial charge in [-0.05, 0) is 133 Å². The van der Waals surface area contributed by atoms with Gasteiger partial charge >= 0.3 is 0 Å². The zero-order valence-electron chi connectivity index (χ0n) is 41.3. The summed E-state index contributed by atoms with van der Waals surface area (Å²) in [4.78, 5) is 2.50. The highest BCUT2D eigenvalue weighted by Crippen LogP contribution is 2.58. The fraction of sp³-hybridized carbons (Fsp3) is 0.0137. The molecule has 0 saturated heterocycles. The molecule has 1 heterocycles. The van der Waals surface area contributed by atoms with Crippen molar-refractivity contribution in [3.63, 3.8) is 0 Å². The van der Waals surface area contributed by atoms with Crippen LogP contribution in [0, 0.1) is 0 Å². The van der Waals surface area contributed by atoms with Gasteiger partial charge in [0.15, 0.2) is 0 Å². The Hall–Kier alpha value is -9.76. The van der Waals surface area contributed by atoms with Crippen molar-refractivity contribution in [3.8, 4) is 61.3 Å². The molecule has 1 aliphatic carbocycles. The predicted octanol–water partition coefficient (Wildman–Crippen LogP) is 19.3. The first kappa shape index (κ1) is 44.0. The van der Waals surface area contributed by atoms with Gasteiger partial charge in [-0.25, -0.2) is 0 Å². The van der Waals surface area contributed by atoms with Crippen LogP contribution in [0.1, 0.15) is 22.3 Å². The number of benzene rings is 12. The zero-order valence-corrected chi connectivity index (χ0v) is 41.3. The second-order valence-corrected chi connectivity index (χ2v) is 19.5. The van der Waals surface area contributed by atoms with Crippen LogP contribution in [0.15, 0.2) is 303 Å². The molecule has 1 aliphatic rings. The third-order valence-electron chi connectivity index (χ3n) is 15.5. The van der Waals surface area contributed by atoms with Gasteiger partial charge in [-0.3, -0.25) is 0 Å². The molecule has 2 heteroatoms. The molecule has 0 amide bonds. The first-order valence-electron chi connectivity index (χ1n) is 25.9. The lowest BCUT2D eigenvalue weighted by Gasteiger charge is -2.35. The molecule has 1 aromatic heterocycles. The summed E-state index contributed by atoms with van der Waals surface area (Å²) in [6.07, 6.45) is 0. The van der Waals surface area contributed by atoms with E-state index in [9.17, 15) is 0 Å². The number of anilines is 3. The second kappa shape index (κ2) is 18.4. The summed E-state index contributed by atoms with van der Waals surface area (Å²) in [5.74, 6) is 0. The van der Waals surface area contributed by atoms with Crippen LogP contribution < -0.4 is 4.90 Å². The van der Waals surface area contributed by atoms with E-state index >= 15 is 0 Å². The van der Waals surface area contributed by atoms with E-state index in [4.69, 9.17) is 0 Å². The summed E-state index contributed by atoms with van der Waals surface area (Å²) in [5.41, 5.74) is 23.1. The lowest BCUT2D eigenvalue weighted by Crippen LogP contribution is -2.28. The molecule has 352 valence electrons. The van der Waals surface area contributed by atoms with E-state index in [1.54, 1.807) is 0 Å². The summed E-state index contributed by atoms with van der Waals surface area (Å²) < 4.78 is 2.39. The fourth-order valence-corrected chi connectivity index (χ4v) is 12.3. The number of hydrogen-bond acceptors (Lipinski definition) is 1. The van der Waals surface area contributed by atoms with Gasteiger partial charge in [0.1, 0.15) is 0 Å². The minimum Gasteiger partial charge on any atom is -0.310 e. The molecule has 0 radical (unpaired) electrons. The van der Waals surface area contributed by atoms with Crippen molar-refractivity contribution in [3.05, 3.63) is 326 Å². The Labute approximate surface area is 438 Å². The molecule has 0 N–H and O–H groups in total. The molecule has 2 nitrogen and oxygen atoms in total. The molecule has 75 heavy (non-hydrogen) atoms. The SMILES string of the molecule is c1ccc(-c2ccccc2-c2ccccc2-c2ccccc2N(c2cccc(-c3ccc4c(c3)c3ccccc3n4-c3ccccc3)c2)c2ccc3c(c2)C(c2ccccc2)(c2ccccc2)c2ccccc2-3)cc1. The zero-order chi connectivity index (χ0) is 49.7. The molecule has 0 atom stereocenters. The van der Waals surface area contributed by atoms with Crippen LogP contribution in [0.5, 0.6) is 0 Å². The number of hydrogen-bond donors (Lipinski definition) is 0. The number of aromatic nitrogens is 1. The van der Waals surface area contributed by atoms with Gasteiger partial charge in [0.05, 0.1) is 22.1 Å². The normalized spacial score (nSPS) is 12.4. The smallest absolute Gasteiger partial charge is 0.0714 e. The third-order valence-corrected chi connectivity index (χ3v) is 15.5. The van der Waals surface area contributed by atoms with Crippen molar-refractivity contribution in [2.75, 3.05) is 4.90 Å². The van der Waals surface area contributed by atoms with E-state index in [1.165, 1.54) is 77.4 Å². The Morgan fingerprint density at radius 1 is 0.267 bits per heavy atom. The predicted molar refractivity (Wildman–Crippen MR) is 315 cm³/mol. The van der Waals surface area contributed by atoms with E-state index < -0.39 is 5.41 Å². The molecule has 14 rings (SSSR count). The Bertz CT molecular complexity index is 4190. The molecule has 0 aliphatic heterocycles. The second-order valence-electron chi connectivity index (χ2n) is 19.5. The maximum atomic E-state index is 2.50. The Balaban J connectivity index is 1.00. The molecule has 12 aromatic carbocycles. The number of nitrogens with zero attached hydrogens (tertiary/aromatic N) is 2. The van der Waals surface area contributed by atoms with Gasteiger partial charge in [0.2, 0.25) is 0 Å². The van der Waals surface area contributed by atoms with E-state index in [0.29, 0.717) is 0 Å². The van der Waals surface area contributed by atoms with Crippen LogP contribution in [0.3, 0.4) is 0 Å². The van der Waals surface area contributed by atoms with Gasteiger partial charge in [0.25, 0.3) is 0 Å². The summed E-state index contributed by atoms with van der Waals surface area (Å²) >= 11 is 0. The molecule has 0 unspecified atom stereocenters. The van der Waals surface area contributed by atoms with Crippen LogP contribution in [0.25, 0.3) is 83.1 Å². The Morgan fingerprint density at radius 3 is 1.48 bits per heavy atom. The van der Waals surface area contributed by atoms with Crippen molar-refractivity contribution in [1.82, 2.24) is 4.57 Å². The highest BCUT2D eigenvalue weighted by molar-refractivity contribution is 6.10. The van der Waals surface area contributed by atoms with Crippen molar-refractivity contribution in [2.45, 2.75) is 5.41 Å². The fourth-order valence-electron chi connectivity index (χ4n) is 12.3. The molecule has 0 fully saturated rings. The van der Waals surface area contributed by atoms with Crippen LogP contribution in [0.4, 0.5) is 17.1 Å². The highest BCUT2D eigenvalue weighted by atomic mass is 15.1. The topological polar surface area (TPSA) is 8.17 Å². The van der Waals surface area contributed by atoms with Crippen LogP contribution in [-0.2, 0) is 5.41 Å². The van der Waals surface area contributed by atoms with Gasteiger partial charge in [-0.2, -0.15) is 0 Å². The highest BCUT2D eigenvalue weighted by Gasteiger charge is 2.46. The minimum absolute atomic E-state index is 0.570. The van der Waals surface area contributed by atoms with Crippen LogP contribution in [0.2, 0.25) is 0 Å². The minimum atomic E-state index is -0.570. The van der Waals surface area contributed by atoms with Crippen molar-refractivity contribution in [2.24, 2.45) is 0 Å². The average molecular weight is 955 g/mol. The lowest BCUT2D eigenvalue weighted by atomic mass is 9.67. The standard InChI is InChI=1S/C73H50N2/c1-5-24-51(25-6-1)59-34-13-14-35-60(59)61-36-15-16-37-62(61)65-39-18-21-42-70(65)74(57-33-23-26-52(48-57)53-44-47-72-67(49-53)66-40-19-22-43-71(66)75(72)56-31-11-4-12-32-56)58-45-46-64-63-38-17-20-41-68(63)73(69(64)50-58,54-27-7-2-8-28-54)55-29-9-3-10-30-55/h1-50H. The first-order valence-corrected chi connectivity index (χ1v) is 25.9. The Morgan fingerprint density at radius 2 is 0.760 bits per heavy atom. The molecule has 0 saturated carbocycles. The van der Waals surface area contributed by atoms with Gasteiger partial charge in [-0.15, -0.1) is 0 Å². The van der Waals surface area contributed by atoms with E-state index in [1.807, 2.05) is 0 Å². The third kappa shape index (κ3) is 7.25. The molecule has 0 spiro atoms. The largest absolute Gasteiger partial charge is 0.310 e. The average Bonchev–Trinajstić information content (AvgIpc) is 3.98. The van der Waals surface area contributed by atoms with E-state index in [-0.39, 0.29) is 0 Å².